The van der Waals surface area contributed by atoms with Crippen LogP contribution in [0.3, 0.4) is 0 Å². The van der Waals surface area contributed by atoms with Gasteiger partial charge in [0.25, 0.3) is 17.7 Å². The second-order valence-electron chi connectivity index (χ2n) is 8.73. The molecule has 2 aliphatic carbocycles. The Labute approximate surface area is 185 Å². The van der Waals surface area contributed by atoms with E-state index in [2.05, 4.69) is 20.5 Å². The molecule has 0 saturated heterocycles. The topological polar surface area (TPSA) is 101 Å². The molecule has 3 heterocycles. The summed E-state index contributed by atoms with van der Waals surface area (Å²) in [6.07, 6.45) is 1.72. The second kappa shape index (κ2) is 8.07. The monoisotopic (exact) mass is 467 g/mol. The summed E-state index contributed by atoms with van der Waals surface area (Å²) in [5.41, 5.74) is 0.945. The maximum absolute atomic E-state index is 14.2. The standard InChI is InChI=1S/C21H21F4N5O3/c22-16(23)18-29-28-17(33-18)10-7-12-14(26-8-10)9-30(19(12)31)15-4-2-1-3-13(15)27-20(32)21(24,25)11-5-6-11/h7-8,11,13,15-16H,1-6,9H2,(H,27,32)/t13-,15-/m1/s1. The maximum atomic E-state index is 14.2. The van der Waals surface area contributed by atoms with Crippen molar-refractivity contribution in [1.82, 2.24) is 25.4 Å². The lowest BCUT2D eigenvalue weighted by atomic mass is 9.89. The van der Waals surface area contributed by atoms with Gasteiger partial charge in [-0.05, 0) is 31.7 Å². The van der Waals surface area contributed by atoms with Gasteiger partial charge in [-0.3, -0.25) is 14.6 Å². The average molecular weight is 467 g/mol. The maximum Gasteiger partial charge on any atom is 0.327 e. The number of carbonyl (C=O) groups excluding carboxylic acids is 2. The van der Waals surface area contributed by atoms with Crippen molar-refractivity contribution >= 4 is 11.8 Å². The molecule has 2 atom stereocenters. The van der Waals surface area contributed by atoms with Gasteiger partial charge < -0.3 is 14.6 Å². The lowest BCUT2D eigenvalue weighted by molar-refractivity contribution is -0.150. The third kappa shape index (κ3) is 3.95. The summed E-state index contributed by atoms with van der Waals surface area (Å²) in [5.74, 6) is -6.97. The van der Waals surface area contributed by atoms with Gasteiger partial charge in [-0.2, -0.15) is 17.6 Å². The molecule has 0 bridgehead atoms. The molecule has 12 heteroatoms. The van der Waals surface area contributed by atoms with E-state index >= 15 is 0 Å². The first-order valence-electron chi connectivity index (χ1n) is 10.9. The third-order valence-corrected chi connectivity index (χ3v) is 6.49. The first kappa shape index (κ1) is 21.8. The number of rotatable bonds is 6. The zero-order chi connectivity index (χ0) is 23.3. The van der Waals surface area contributed by atoms with Crippen LogP contribution in [-0.4, -0.2) is 49.9 Å². The molecule has 0 aromatic carbocycles. The number of carbonyl (C=O) groups is 2. The lowest BCUT2D eigenvalue weighted by Gasteiger charge is -2.38. The van der Waals surface area contributed by atoms with E-state index in [0.29, 0.717) is 31.4 Å². The van der Waals surface area contributed by atoms with Gasteiger partial charge >= 0.3 is 12.3 Å². The predicted molar refractivity (Wildman–Crippen MR) is 104 cm³/mol. The molecule has 2 aromatic rings. The van der Waals surface area contributed by atoms with E-state index in [-0.39, 0.29) is 29.5 Å². The number of alkyl halides is 4. The summed E-state index contributed by atoms with van der Waals surface area (Å²) in [5, 5.41) is 9.35. The minimum absolute atomic E-state index is 0.163. The van der Waals surface area contributed by atoms with Crippen molar-refractivity contribution in [3.8, 4) is 11.5 Å². The van der Waals surface area contributed by atoms with Crippen molar-refractivity contribution in [1.29, 1.82) is 0 Å². The van der Waals surface area contributed by atoms with Gasteiger partial charge in [-0.15, -0.1) is 10.2 Å². The van der Waals surface area contributed by atoms with Crippen LogP contribution in [0, 0.1) is 5.92 Å². The van der Waals surface area contributed by atoms with E-state index in [9.17, 15) is 27.2 Å². The summed E-state index contributed by atoms with van der Waals surface area (Å²) in [4.78, 5) is 31.2. The van der Waals surface area contributed by atoms with E-state index < -0.39 is 42.1 Å². The number of pyridine rings is 1. The van der Waals surface area contributed by atoms with Gasteiger partial charge in [-0.1, -0.05) is 12.8 Å². The second-order valence-corrected chi connectivity index (χ2v) is 8.73. The molecule has 176 valence electrons. The highest BCUT2D eigenvalue weighted by Crippen LogP contribution is 2.43. The molecule has 8 nitrogen and oxygen atoms in total. The number of fused-ring (bicyclic) bond motifs is 1. The molecule has 3 aliphatic rings. The number of hydrogen-bond acceptors (Lipinski definition) is 6. The van der Waals surface area contributed by atoms with Crippen LogP contribution in [0.4, 0.5) is 17.6 Å². The Hall–Kier alpha value is -3.05. The fourth-order valence-electron chi connectivity index (χ4n) is 4.56. The molecule has 1 N–H and O–H groups in total. The zero-order valence-corrected chi connectivity index (χ0v) is 17.4. The largest absolute Gasteiger partial charge is 0.415 e. The van der Waals surface area contributed by atoms with E-state index in [4.69, 9.17) is 4.42 Å². The number of nitrogens with one attached hydrogen (secondary N) is 1. The lowest BCUT2D eigenvalue weighted by Crippen LogP contribution is -2.56. The molecule has 1 aliphatic heterocycles. The molecule has 2 saturated carbocycles. The molecule has 2 aromatic heterocycles. The Bertz CT molecular complexity index is 1090. The highest BCUT2D eigenvalue weighted by molar-refractivity contribution is 5.99. The SMILES string of the molecule is O=C1c2cc(-c3nnc(C(F)F)o3)cnc2CN1[C@@H]1CCCC[C@H]1NC(=O)C(F)(F)C1CC1. The summed E-state index contributed by atoms with van der Waals surface area (Å²) in [7, 11) is 0. The van der Waals surface area contributed by atoms with Gasteiger partial charge in [0.15, 0.2) is 0 Å². The van der Waals surface area contributed by atoms with Gasteiger partial charge in [0.05, 0.1) is 29.4 Å². The van der Waals surface area contributed by atoms with Crippen LogP contribution in [0.2, 0.25) is 0 Å². The van der Waals surface area contributed by atoms with Crippen molar-refractivity contribution in [3.63, 3.8) is 0 Å². The number of aromatic nitrogens is 3. The normalized spacial score (nSPS) is 23.2. The molecular formula is C21H21F4N5O3. The summed E-state index contributed by atoms with van der Waals surface area (Å²) in [6.45, 7) is 0.163. The van der Waals surface area contributed by atoms with Crippen molar-refractivity contribution < 1.29 is 31.6 Å². The van der Waals surface area contributed by atoms with Crippen LogP contribution in [0.15, 0.2) is 16.7 Å². The van der Waals surface area contributed by atoms with E-state index in [1.165, 1.54) is 12.3 Å². The predicted octanol–water partition coefficient (Wildman–Crippen LogP) is 3.50. The number of hydrogen-bond donors (Lipinski definition) is 1. The highest BCUT2D eigenvalue weighted by Gasteiger charge is 2.53. The Morgan fingerprint density at radius 3 is 2.64 bits per heavy atom. The van der Waals surface area contributed by atoms with Crippen molar-refractivity contribution in [2.45, 2.75) is 69.5 Å². The smallest absolute Gasteiger partial charge is 0.327 e. The van der Waals surface area contributed by atoms with Crippen LogP contribution in [0.25, 0.3) is 11.5 Å². The zero-order valence-electron chi connectivity index (χ0n) is 17.4. The molecule has 33 heavy (non-hydrogen) atoms. The molecule has 2 amide bonds. The van der Waals surface area contributed by atoms with Gasteiger partial charge in [0.2, 0.25) is 5.89 Å². The number of nitrogens with zero attached hydrogens (tertiary/aromatic N) is 4. The molecular weight excluding hydrogens is 446 g/mol. The minimum Gasteiger partial charge on any atom is -0.415 e. The molecule has 5 rings (SSSR count). The van der Waals surface area contributed by atoms with Crippen LogP contribution in [-0.2, 0) is 11.3 Å². The van der Waals surface area contributed by atoms with Crippen molar-refractivity contribution in [3.05, 3.63) is 29.4 Å². The highest BCUT2D eigenvalue weighted by atomic mass is 19.3. The Balaban J connectivity index is 1.34. The average Bonchev–Trinajstić information content (AvgIpc) is 3.46. The minimum atomic E-state index is -3.41. The molecule has 0 unspecified atom stereocenters. The van der Waals surface area contributed by atoms with Gasteiger partial charge in [0.1, 0.15) is 0 Å². The Morgan fingerprint density at radius 1 is 1.18 bits per heavy atom. The van der Waals surface area contributed by atoms with E-state index in [1.807, 2.05) is 0 Å². The quantitative estimate of drug-likeness (QED) is 0.653. The van der Waals surface area contributed by atoms with E-state index in [0.717, 1.165) is 12.8 Å². The molecule has 2 fully saturated rings. The Kier molecular flexibility index (Phi) is 5.32. The van der Waals surface area contributed by atoms with Crippen LogP contribution in [0.1, 0.15) is 66.9 Å². The Morgan fingerprint density at radius 2 is 1.94 bits per heavy atom. The van der Waals surface area contributed by atoms with Gasteiger partial charge in [-0.25, -0.2) is 0 Å². The van der Waals surface area contributed by atoms with Crippen LogP contribution >= 0.6 is 0 Å². The molecule has 0 radical (unpaired) electrons. The summed E-state index contributed by atoms with van der Waals surface area (Å²) in [6, 6.07) is 0.417. The van der Waals surface area contributed by atoms with Gasteiger partial charge in [0, 0.05) is 18.2 Å². The molecule has 0 spiro atoms. The van der Waals surface area contributed by atoms with Crippen LogP contribution < -0.4 is 5.32 Å². The van der Waals surface area contributed by atoms with E-state index in [1.54, 1.807) is 4.90 Å². The summed E-state index contributed by atoms with van der Waals surface area (Å²) >= 11 is 0. The number of halogens is 4. The number of amides is 2. The third-order valence-electron chi connectivity index (χ3n) is 6.49. The fraction of sp³-hybridized carbons (Fsp3) is 0.571. The van der Waals surface area contributed by atoms with Crippen LogP contribution in [0.5, 0.6) is 0 Å². The fourth-order valence-corrected chi connectivity index (χ4v) is 4.56. The first-order valence-corrected chi connectivity index (χ1v) is 10.9. The summed E-state index contributed by atoms with van der Waals surface area (Å²) < 4.78 is 58.9. The van der Waals surface area contributed by atoms with Crippen molar-refractivity contribution in [2.75, 3.05) is 0 Å². The first-order chi connectivity index (χ1) is 15.8. The van der Waals surface area contributed by atoms with Crippen molar-refractivity contribution in [2.24, 2.45) is 5.92 Å².